The third kappa shape index (κ3) is 1.28. The lowest BCUT2D eigenvalue weighted by atomic mass is 9.77. The molecular weight excluding hydrogens is 206 g/mol. The van der Waals surface area contributed by atoms with Crippen LogP contribution in [-0.4, -0.2) is 24.5 Å². The van der Waals surface area contributed by atoms with Crippen LogP contribution in [0.25, 0.3) is 0 Å². The van der Waals surface area contributed by atoms with Crippen LogP contribution in [0, 0.1) is 17.8 Å². The number of rotatable bonds is 1. The van der Waals surface area contributed by atoms with E-state index in [0.29, 0.717) is 18.4 Å². The van der Waals surface area contributed by atoms with E-state index in [-0.39, 0.29) is 12.0 Å². The molecule has 3 fully saturated rings. The van der Waals surface area contributed by atoms with Gasteiger partial charge in [0.05, 0.1) is 12.5 Å². The molecule has 0 unspecified atom stereocenters. The van der Waals surface area contributed by atoms with Crippen LogP contribution in [0.1, 0.15) is 32.1 Å². The lowest BCUT2D eigenvalue weighted by Gasteiger charge is -2.28. The van der Waals surface area contributed by atoms with E-state index in [1.54, 1.807) is 0 Å². The van der Waals surface area contributed by atoms with Gasteiger partial charge in [0.1, 0.15) is 11.9 Å². The summed E-state index contributed by atoms with van der Waals surface area (Å²) in [5.74, 6) is 0.937. The van der Waals surface area contributed by atoms with Gasteiger partial charge < -0.3 is 14.8 Å². The minimum absolute atomic E-state index is 0.0863. The van der Waals surface area contributed by atoms with Crippen LogP contribution in [0.15, 0.2) is 0 Å². The molecule has 0 aromatic carbocycles. The van der Waals surface area contributed by atoms with Crippen molar-refractivity contribution in [2.24, 2.45) is 17.8 Å². The van der Waals surface area contributed by atoms with Crippen LogP contribution in [-0.2, 0) is 9.53 Å². The molecule has 4 atom stereocenters. The number of carbonyl (C=O) groups is 2. The quantitative estimate of drug-likeness (QED) is 0.685. The molecule has 88 valence electrons. The van der Waals surface area contributed by atoms with E-state index in [9.17, 15) is 9.59 Å². The highest BCUT2D eigenvalue weighted by molar-refractivity contribution is 5.72. The van der Waals surface area contributed by atoms with Gasteiger partial charge in [-0.2, -0.15) is 0 Å². The van der Waals surface area contributed by atoms with Crippen molar-refractivity contribution in [3.63, 3.8) is 0 Å². The number of fused-ring (bicyclic) bond motifs is 1. The van der Waals surface area contributed by atoms with E-state index in [1.165, 1.54) is 19.3 Å². The molecule has 1 amide bonds. The molecule has 4 heteroatoms. The summed E-state index contributed by atoms with van der Waals surface area (Å²) < 4.78 is 5.42. The Bertz CT molecular complexity index is 330. The van der Waals surface area contributed by atoms with Gasteiger partial charge in [-0.05, 0) is 24.7 Å². The highest BCUT2D eigenvalue weighted by Gasteiger charge is 2.58. The van der Waals surface area contributed by atoms with Crippen molar-refractivity contribution in [2.45, 2.75) is 37.7 Å². The molecule has 1 spiro atoms. The zero-order valence-electron chi connectivity index (χ0n) is 9.28. The summed E-state index contributed by atoms with van der Waals surface area (Å²) in [5.41, 5.74) is -0.515. The standard InChI is InChI=1S/C12H17NO3/c14-6-10-9-4-2-1-3-8(9)5-12(10)7-13-11(15)16-12/h6,8-10H,1-5,7H2,(H,13,15)/t8-,9-,10+,12+/m1/s1. The molecule has 0 aromatic rings. The minimum Gasteiger partial charge on any atom is -0.440 e. The van der Waals surface area contributed by atoms with Crippen molar-refractivity contribution in [3.8, 4) is 0 Å². The second-order valence-electron chi connectivity index (χ2n) is 5.38. The zero-order chi connectivity index (χ0) is 11.2. The van der Waals surface area contributed by atoms with Gasteiger partial charge >= 0.3 is 6.09 Å². The summed E-state index contributed by atoms with van der Waals surface area (Å²) in [7, 11) is 0. The summed E-state index contributed by atoms with van der Waals surface area (Å²) in [4.78, 5) is 22.5. The molecule has 1 heterocycles. The van der Waals surface area contributed by atoms with Crippen molar-refractivity contribution in [1.29, 1.82) is 0 Å². The van der Waals surface area contributed by atoms with Gasteiger partial charge in [0.2, 0.25) is 0 Å². The van der Waals surface area contributed by atoms with E-state index >= 15 is 0 Å². The second kappa shape index (κ2) is 3.47. The number of hydrogen-bond donors (Lipinski definition) is 1. The lowest BCUT2D eigenvalue weighted by molar-refractivity contribution is -0.118. The second-order valence-corrected chi connectivity index (χ2v) is 5.38. The number of aldehydes is 1. The molecule has 16 heavy (non-hydrogen) atoms. The van der Waals surface area contributed by atoms with Gasteiger partial charge in [-0.1, -0.05) is 19.3 Å². The smallest absolute Gasteiger partial charge is 0.407 e. The Kier molecular flexibility index (Phi) is 2.19. The maximum atomic E-state index is 11.3. The molecule has 1 saturated heterocycles. The van der Waals surface area contributed by atoms with Crippen molar-refractivity contribution in [2.75, 3.05) is 6.54 Å². The number of hydrogen-bond acceptors (Lipinski definition) is 3. The highest BCUT2D eigenvalue weighted by Crippen LogP contribution is 2.52. The molecule has 0 radical (unpaired) electrons. The Labute approximate surface area is 94.7 Å². The average molecular weight is 223 g/mol. The summed E-state index contributed by atoms with van der Waals surface area (Å²) in [6, 6.07) is 0. The number of alkyl carbamates (subject to hydrolysis) is 1. The summed E-state index contributed by atoms with van der Waals surface area (Å²) in [5, 5.41) is 2.71. The van der Waals surface area contributed by atoms with E-state index < -0.39 is 5.60 Å². The Morgan fingerprint density at radius 3 is 2.88 bits per heavy atom. The van der Waals surface area contributed by atoms with E-state index in [1.807, 2.05) is 0 Å². The first-order valence-electron chi connectivity index (χ1n) is 6.17. The molecule has 0 bridgehead atoms. The molecule has 0 aromatic heterocycles. The van der Waals surface area contributed by atoms with Gasteiger partial charge in [-0.25, -0.2) is 4.79 Å². The maximum absolute atomic E-state index is 11.3. The third-order valence-electron chi connectivity index (χ3n) is 4.62. The van der Waals surface area contributed by atoms with Crippen LogP contribution in [0.3, 0.4) is 0 Å². The van der Waals surface area contributed by atoms with E-state index in [0.717, 1.165) is 19.1 Å². The van der Waals surface area contributed by atoms with Crippen LogP contribution in [0.2, 0.25) is 0 Å². The predicted octanol–water partition coefficient (Wildman–Crippen LogP) is 1.49. The van der Waals surface area contributed by atoms with Crippen LogP contribution in [0.5, 0.6) is 0 Å². The molecule has 2 aliphatic carbocycles. The Morgan fingerprint density at radius 2 is 2.19 bits per heavy atom. The van der Waals surface area contributed by atoms with Gasteiger partial charge in [0, 0.05) is 0 Å². The summed E-state index contributed by atoms with van der Waals surface area (Å²) in [6.07, 6.45) is 6.32. The average Bonchev–Trinajstić information content (AvgIpc) is 2.79. The largest absolute Gasteiger partial charge is 0.440 e. The molecule has 2 saturated carbocycles. The topological polar surface area (TPSA) is 55.4 Å². The minimum atomic E-state index is -0.515. The number of ether oxygens (including phenoxy) is 1. The van der Waals surface area contributed by atoms with Gasteiger partial charge in [0.15, 0.2) is 0 Å². The van der Waals surface area contributed by atoms with Gasteiger partial charge in [-0.15, -0.1) is 0 Å². The molecule has 3 rings (SSSR count). The summed E-state index contributed by atoms with van der Waals surface area (Å²) in [6.45, 7) is 0.516. The molecule has 1 aliphatic heterocycles. The zero-order valence-corrected chi connectivity index (χ0v) is 9.28. The van der Waals surface area contributed by atoms with E-state index in [4.69, 9.17) is 4.74 Å². The Balaban J connectivity index is 1.89. The summed E-state index contributed by atoms with van der Waals surface area (Å²) >= 11 is 0. The highest BCUT2D eigenvalue weighted by atomic mass is 16.6. The first kappa shape index (κ1) is 10.1. The van der Waals surface area contributed by atoms with Crippen LogP contribution >= 0.6 is 0 Å². The third-order valence-corrected chi connectivity index (χ3v) is 4.62. The first-order valence-corrected chi connectivity index (χ1v) is 6.17. The fraction of sp³-hybridized carbons (Fsp3) is 0.833. The SMILES string of the molecule is O=C[C@H]1[C@@H]2CCCC[C@@H]2C[C@]12CNC(=O)O2. The van der Waals surface area contributed by atoms with Crippen molar-refractivity contribution in [3.05, 3.63) is 0 Å². The van der Waals surface area contributed by atoms with Crippen molar-refractivity contribution < 1.29 is 14.3 Å². The van der Waals surface area contributed by atoms with Crippen molar-refractivity contribution >= 4 is 12.4 Å². The molecule has 4 nitrogen and oxygen atoms in total. The lowest BCUT2D eigenvalue weighted by Crippen LogP contribution is -2.40. The van der Waals surface area contributed by atoms with Crippen LogP contribution < -0.4 is 5.32 Å². The number of amides is 1. The predicted molar refractivity (Wildman–Crippen MR) is 56.8 cm³/mol. The molecule has 3 aliphatic rings. The van der Waals surface area contributed by atoms with Crippen LogP contribution in [0.4, 0.5) is 4.79 Å². The van der Waals surface area contributed by atoms with E-state index in [2.05, 4.69) is 5.32 Å². The number of carbonyl (C=O) groups excluding carboxylic acids is 2. The fourth-order valence-corrected chi connectivity index (χ4v) is 3.94. The van der Waals surface area contributed by atoms with Crippen molar-refractivity contribution in [1.82, 2.24) is 5.32 Å². The number of nitrogens with one attached hydrogen (secondary N) is 1. The molecule has 1 N–H and O–H groups in total. The first-order chi connectivity index (χ1) is 7.75. The fourth-order valence-electron chi connectivity index (χ4n) is 3.94. The monoisotopic (exact) mass is 223 g/mol. The Morgan fingerprint density at radius 1 is 1.38 bits per heavy atom. The Hall–Kier alpha value is -1.06. The van der Waals surface area contributed by atoms with Gasteiger partial charge in [0.25, 0.3) is 0 Å². The normalized spacial score (nSPS) is 46.2. The maximum Gasteiger partial charge on any atom is 0.407 e. The molecular formula is C12H17NO3. The van der Waals surface area contributed by atoms with Gasteiger partial charge in [-0.3, -0.25) is 0 Å².